The van der Waals surface area contributed by atoms with Gasteiger partial charge >= 0.3 is 6.18 Å². The molecule has 0 spiro atoms. The minimum Gasteiger partial charge on any atom is -0.343 e. The van der Waals surface area contributed by atoms with Crippen molar-refractivity contribution in [1.29, 1.82) is 0 Å². The van der Waals surface area contributed by atoms with Crippen LogP contribution in [-0.4, -0.2) is 46.5 Å². The van der Waals surface area contributed by atoms with Gasteiger partial charge in [0.25, 0.3) is 0 Å². The largest absolute Gasteiger partial charge is 0.405 e. The van der Waals surface area contributed by atoms with Crippen molar-refractivity contribution in [1.82, 2.24) is 4.90 Å². The molecule has 0 N–H and O–H groups in total. The maximum Gasteiger partial charge on any atom is 0.405 e. The van der Waals surface area contributed by atoms with Crippen molar-refractivity contribution in [3.63, 3.8) is 0 Å². The fraction of sp³-hybridized carbons (Fsp3) is 0.875. The average molecular weight is 305 g/mol. The SMILES string of the molecule is CCN(CC(F)(F)F)C1=NCC(CBr)S1. The number of hydrogen-bond acceptors (Lipinski definition) is 3. The number of rotatable bonds is 3. The van der Waals surface area contributed by atoms with E-state index in [-0.39, 0.29) is 5.25 Å². The smallest absolute Gasteiger partial charge is 0.343 e. The summed E-state index contributed by atoms with van der Waals surface area (Å²) in [5.74, 6) is 0. The Morgan fingerprint density at radius 1 is 1.60 bits per heavy atom. The monoisotopic (exact) mass is 304 g/mol. The van der Waals surface area contributed by atoms with E-state index in [2.05, 4.69) is 20.9 Å². The van der Waals surface area contributed by atoms with Crippen molar-refractivity contribution in [3.05, 3.63) is 0 Å². The minimum atomic E-state index is -4.16. The fourth-order valence-electron chi connectivity index (χ4n) is 1.19. The van der Waals surface area contributed by atoms with Gasteiger partial charge in [0.1, 0.15) is 6.54 Å². The normalized spacial score (nSPS) is 21.7. The van der Waals surface area contributed by atoms with Gasteiger partial charge in [-0.3, -0.25) is 4.99 Å². The number of halogens is 4. The molecule has 7 heteroatoms. The second kappa shape index (κ2) is 5.43. The highest BCUT2D eigenvalue weighted by molar-refractivity contribution is 9.09. The number of alkyl halides is 4. The lowest BCUT2D eigenvalue weighted by atomic mass is 10.5. The maximum atomic E-state index is 12.2. The van der Waals surface area contributed by atoms with Gasteiger partial charge in [-0.25, -0.2) is 0 Å². The number of aliphatic imine (C=N–C) groups is 1. The Labute approximate surface area is 99.4 Å². The zero-order valence-electron chi connectivity index (χ0n) is 8.22. The molecule has 88 valence electrons. The summed E-state index contributed by atoms with van der Waals surface area (Å²) in [7, 11) is 0. The van der Waals surface area contributed by atoms with Gasteiger partial charge < -0.3 is 4.90 Å². The van der Waals surface area contributed by atoms with Gasteiger partial charge in [0.2, 0.25) is 0 Å². The summed E-state index contributed by atoms with van der Waals surface area (Å²) in [6.07, 6.45) is -4.16. The zero-order valence-corrected chi connectivity index (χ0v) is 10.6. The Kier molecular flexibility index (Phi) is 4.76. The van der Waals surface area contributed by atoms with Crippen molar-refractivity contribution in [2.45, 2.75) is 18.3 Å². The number of thioether (sulfide) groups is 1. The molecule has 0 fully saturated rings. The molecule has 1 aliphatic rings. The topological polar surface area (TPSA) is 15.6 Å². The predicted molar refractivity (Wildman–Crippen MR) is 60.8 cm³/mol. The molecule has 0 saturated carbocycles. The maximum absolute atomic E-state index is 12.2. The number of nitrogens with zero attached hydrogens (tertiary/aromatic N) is 2. The van der Waals surface area contributed by atoms with E-state index in [0.29, 0.717) is 18.3 Å². The number of amidine groups is 1. The van der Waals surface area contributed by atoms with Crippen molar-refractivity contribution in [2.24, 2.45) is 4.99 Å². The summed E-state index contributed by atoms with van der Waals surface area (Å²) in [4.78, 5) is 5.39. The Balaban J connectivity index is 2.53. The Bertz CT molecular complexity index is 245. The molecule has 0 saturated heterocycles. The summed E-state index contributed by atoms with van der Waals surface area (Å²) in [5, 5.41) is 1.54. The van der Waals surface area contributed by atoms with Crippen LogP contribution in [-0.2, 0) is 0 Å². The van der Waals surface area contributed by atoms with E-state index in [1.165, 1.54) is 16.7 Å². The molecule has 0 aromatic carbocycles. The Morgan fingerprint density at radius 3 is 2.67 bits per heavy atom. The third-order valence-electron chi connectivity index (χ3n) is 1.90. The first-order valence-corrected chi connectivity index (χ1v) is 6.55. The van der Waals surface area contributed by atoms with Gasteiger partial charge in [-0.1, -0.05) is 27.7 Å². The molecule has 1 atom stereocenters. The first kappa shape index (κ1) is 13.2. The van der Waals surface area contributed by atoms with Crippen LogP contribution in [0.5, 0.6) is 0 Å². The molecule has 1 heterocycles. The van der Waals surface area contributed by atoms with Crippen LogP contribution >= 0.6 is 27.7 Å². The van der Waals surface area contributed by atoms with E-state index in [1.807, 2.05) is 0 Å². The van der Waals surface area contributed by atoms with Gasteiger partial charge in [-0.15, -0.1) is 0 Å². The van der Waals surface area contributed by atoms with E-state index >= 15 is 0 Å². The van der Waals surface area contributed by atoms with Crippen LogP contribution in [0.3, 0.4) is 0 Å². The molecular formula is C8H12BrF3N2S. The van der Waals surface area contributed by atoms with Crippen molar-refractivity contribution in [2.75, 3.05) is 25.0 Å². The van der Waals surface area contributed by atoms with Gasteiger partial charge in [0, 0.05) is 17.1 Å². The summed E-state index contributed by atoms with van der Waals surface area (Å²) in [6, 6.07) is 0. The van der Waals surface area contributed by atoms with Gasteiger partial charge in [-0.2, -0.15) is 13.2 Å². The first-order valence-electron chi connectivity index (χ1n) is 4.55. The molecule has 2 nitrogen and oxygen atoms in total. The van der Waals surface area contributed by atoms with Crippen LogP contribution in [0.15, 0.2) is 4.99 Å². The quantitative estimate of drug-likeness (QED) is 0.745. The zero-order chi connectivity index (χ0) is 11.5. The molecule has 15 heavy (non-hydrogen) atoms. The van der Waals surface area contributed by atoms with Crippen LogP contribution in [0, 0.1) is 0 Å². The molecule has 1 aliphatic heterocycles. The fourth-order valence-corrected chi connectivity index (χ4v) is 2.79. The van der Waals surface area contributed by atoms with Crippen LogP contribution in [0.2, 0.25) is 0 Å². The van der Waals surface area contributed by atoms with Crippen molar-refractivity contribution in [3.8, 4) is 0 Å². The average Bonchev–Trinajstić information content (AvgIpc) is 2.60. The highest BCUT2D eigenvalue weighted by atomic mass is 79.9. The highest BCUT2D eigenvalue weighted by Crippen LogP contribution is 2.27. The van der Waals surface area contributed by atoms with Gasteiger partial charge in [0.15, 0.2) is 5.17 Å². The van der Waals surface area contributed by atoms with E-state index < -0.39 is 12.7 Å². The summed E-state index contributed by atoms with van der Waals surface area (Å²) in [6.45, 7) is 1.72. The molecule has 1 rings (SSSR count). The van der Waals surface area contributed by atoms with E-state index in [1.54, 1.807) is 6.92 Å². The molecule has 0 amide bonds. The minimum absolute atomic E-state index is 0.266. The third kappa shape index (κ3) is 4.22. The lowest BCUT2D eigenvalue weighted by Crippen LogP contribution is -2.37. The Hall–Kier alpha value is 0.0900. The molecule has 1 unspecified atom stereocenters. The number of hydrogen-bond donors (Lipinski definition) is 0. The van der Waals surface area contributed by atoms with E-state index in [9.17, 15) is 13.2 Å². The van der Waals surface area contributed by atoms with Gasteiger partial charge in [0.05, 0.1) is 6.54 Å². The van der Waals surface area contributed by atoms with E-state index in [0.717, 1.165) is 5.33 Å². The van der Waals surface area contributed by atoms with Crippen LogP contribution in [0.1, 0.15) is 6.92 Å². The van der Waals surface area contributed by atoms with Crippen molar-refractivity contribution < 1.29 is 13.2 Å². The molecule has 0 aromatic rings. The molecule has 0 aromatic heterocycles. The second-order valence-electron chi connectivity index (χ2n) is 3.15. The van der Waals surface area contributed by atoms with Crippen LogP contribution in [0.25, 0.3) is 0 Å². The highest BCUT2D eigenvalue weighted by Gasteiger charge is 2.33. The summed E-state index contributed by atoms with van der Waals surface area (Å²) >= 11 is 4.71. The lowest BCUT2D eigenvalue weighted by molar-refractivity contribution is -0.137. The van der Waals surface area contributed by atoms with E-state index in [4.69, 9.17) is 0 Å². The standard InChI is InChI=1S/C8H12BrF3N2S/c1-2-14(5-8(10,11)12)7-13-4-6(3-9)15-7/h6H,2-5H2,1H3. The van der Waals surface area contributed by atoms with Crippen molar-refractivity contribution >= 4 is 32.9 Å². The van der Waals surface area contributed by atoms with Crippen LogP contribution < -0.4 is 0 Å². The van der Waals surface area contributed by atoms with Crippen LogP contribution in [0.4, 0.5) is 13.2 Å². The lowest BCUT2D eigenvalue weighted by Gasteiger charge is -2.23. The second-order valence-corrected chi connectivity index (χ2v) is 5.06. The molecule has 0 radical (unpaired) electrons. The first-order chi connectivity index (χ1) is 6.96. The Morgan fingerprint density at radius 2 is 2.27 bits per heavy atom. The predicted octanol–water partition coefficient (Wildman–Crippen LogP) is 2.74. The molecular weight excluding hydrogens is 293 g/mol. The summed E-state index contributed by atoms with van der Waals surface area (Å²) in [5.41, 5.74) is 0. The molecule has 0 aliphatic carbocycles. The third-order valence-corrected chi connectivity index (χ3v) is 4.35. The van der Waals surface area contributed by atoms with Gasteiger partial charge in [-0.05, 0) is 6.92 Å². The summed E-state index contributed by atoms with van der Waals surface area (Å²) < 4.78 is 36.6. The molecule has 0 bridgehead atoms.